The fourth-order valence-electron chi connectivity index (χ4n) is 2.61. The molecule has 0 bridgehead atoms. The maximum Gasteiger partial charge on any atom is 0.254 e. The molecule has 22 heavy (non-hydrogen) atoms. The molecule has 0 N–H and O–H groups in total. The predicted octanol–water partition coefficient (Wildman–Crippen LogP) is 2.81. The van der Waals surface area contributed by atoms with Gasteiger partial charge in [0.1, 0.15) is 5.75 Å². The van der Waals surface area contributed by atoms with E-state index >= 15 is 0 Å². The van der Waals surface area contributed by atoms with Gasteiger partial charge in [0.15, 0.2) is 0 Å². The molecule has 1 saturated heterocycles. The van der Waals surface area contributed by atoms with Crippen molar-refractivity contribution in [2.24, 2.45) is 0 Å². The monoisotopic (exact) mass is 302 g/mol. The van der Waals surface area contributed by atoms with Crippen molar-refractivity contribution in [2.75, 3.05) is 39.8 Å². The van der Waals surface area contributed by atoms with Gasteiger partial charge >= 0.3 is 0 Å². The number of carbonyl (C=O) groups excluding carboxylic acids is 1. The molecule has 1 aromatic rings. The summed E-state index contributed by atoms with van der Waals surface area (Å²) in [5.74, 6) is 0.828. The van der Waals surface area contributed by atoms with Gasteiger partial charge in [-0.1, -0.05) is 17.7 Å². The van der Waals surface area contributed by atoms with Gasteiger partial charge in [0.05, 0.1) is 7.11 Å². The minimum atomic E-state index is 0.1000. The molecule has 4 heteroatoms. The lowest BCUT2D eigenvalue weighted by molar-refractivity contribution is 0.0761. The van der Waals surface area contributed by atoms with Gasteiger partial charge in [-0.2, -0.15) is 0 Å². The van der Waals surface area contributed by atoms with E-state index in [1.807, 2.05) is 29.2 Å². The zero-order chi connectivity index (χ0) is 15.9. The molecule has 0 spiro atoms. The highest BCUT2D eigenvalue weighted by Gasteiger charge is 2.20. The fourth-order valence-corrected chi connectivity index (χ4v) is 2.61. The van der Waals surface area contributed by atoms with E-state index in [0.29, 0.717) is 5.56 Å². The summed E-state index contributed by atoms with van der Waals surface area (Å²) >= 11 is 0. The van der Waals surface area contributed by atoms with Crippen molar-refractivity contribution in [3.63, 3.8) is 0 Å². The van der Waals surface area contributed by atoms with Gasteiger partial charge in [-0.25, -0.2) is 0 Å². The molecule has 1 aliphatic heterocycles. The third kappa shape index (κ3) is 4.60. The highest BCUT2D eigenvalue weighted by atomic mass is 16.5. The molecule has 0 radical (unpaired) electrons. The normalized spacial score (nSPS) is 16.0. The Morgan fingerprint density at radius 1 is 1.23 bits per heavy atom. The van der Waals surface area contributed by atoms with Crippen molar-refractivity contribution < 1.29 is 9.53 Å². The Morgan fingerprint density at radius 2 is 2.05 bits per heavy atom. The smallest absolute Gasteiger partial charge is 0.254 e. The minimum Gasteiger partial charge on any atom is -0.497 e. The largest absolute Gasteiger partial charge is 0.497 e. The van der Waals surface area contributed by atoms with E-state index in [-0.39, 0.29) is 5.91 Å². The number of nitrogens with zero attached hydrogens (tertiary/aromatic N) is 2. The van der Waals surface area contributed by atoms with Crippen LogP contribution in [0.25, 0.3) is 0 Å². The molecule has 1 aliphatic rings. The first-order valence-corrected chi connectivity index (χ1v) is 7.89. The number of hydrogen-bond acceptors (Lipinski definition) is 3. The molecule has 4 nitrogen and oxygen atoms in total. The molecule has 2 rings (SSSR count). The van der Waals surface area contributed by atoms with Gasteiger partial charge in [0.25, 0.3) is 5.91 Å². The zero-order valence-electron chi connectivity index (χ0n) is 13.8. The molecule has 0 unspecified atom stereocenters. The maximum atomic E-state index is 12.6. The van der Waals surface area contributed by atoms with Crippen LogP contribution in [0.4, 0.5) is 0 Å². The van der Waals surface area contributed by atoms with Crippen molar-refractivity contribution in [1.82, 2.24) is 9.80 Å². The van der Waals surface area contributed by atoms with Gasteiger partial charge in [0.2, 0.25) is 0 Å². The van der Waals surface area contributed by atoms with Crippen LogP contribution in [0.15, 0.2) is 35.9 Å². The summed E-state index contributed by atoms with van der Waals surface area (Å²) in [5.41, 5.74) is 2.05. The molecule has 0 aromatic heterocycles. The van der Waals surface area contributed by atoms with Crippen molar-refractivity contribution in [2.45, 2.75) is 20.3 Å². The van der Waals surface area contributed by atoms with Gasteiger partial charge in [-0.3, -0.25) is 9.69 Å². The van der Waals surface area contributed by atoms with Gasteiger partial charge < -0.3 is 9.64 Å². The highest BCUT2D eigenvalue weighted by molar-refractivity contribution is 5.94. The van der Waals surface area contributed by atoms with E-state index < -0.39 is 0 Å². The average Bonchev–Trinajstić information content (AvgIpc) is 2.78. The predicted molar refractivity (Wildman–Crippen MR) is 89.4 cm³/mol. The summed E-state index contributed by atoms with van der Waals surface area (Å²) in [6, 6.07) is 7.40. The van der Waals surface area contributed by atoms with Gasteiger partial charge in [0, 0.05) is 38.3 Å². The lowest BCUT2D eigenvalue weighted by atomic mass is 10.2. The van der Waals surface area contributed by atoms with Crippen LogP contribution in [0.5, 0.6) is 5.75 Å². The number of methoxy groups -OCH3 is 1. The van der Waals surface area contributed by atoms with E-state index in [9.17, 15) is 4.79 Å². The maximum absolute atomic E-state index is 12.6. The summed E-state index contributed by atoms with van der Waals surface area (Å²) in [6.45, 7) is 8.80. The van der Waals surface area contributed by atoms with Crippen molar-refractivity contribution in [3.05, 3.63) is 41.5 Å². The van der Waals surface area contributed by atoms with Crippen LogP contribution < -0.4 is 4.74 Å². The van der Waals surface area contributed by atoms with Crippen LogP contribution in [0, 0.1) is 0 Å². The zero-order valence-corrected chi connectivity index (χ0v) is 13.8. The molecule has 1 fully saturated rings. The summed E-state index contributed by atoms with van der Waals surface area (Å²) in [6.07, 6.45) is 3.27. The second kappa shape index (κ2) is 7.99. The Hall–Kier alpha value is -1.81. The Labute approximate surface area is 133 Å². The van der Waals surface area contributed by atoms with E-state index in [1.54, 1.807) is 7.11 Å². The van der Waals surface area contributed by atoms with Crippen molar-refractivity contribution >= 4 is 5.91 Å². The van der Waals surface area contributed by atoms with E-state index in [4.69, 9.17) is 4.74 Å². The van der Waals surface area contributed by atoms with Crippen LogP contribution in [-0.4, -0.2) is 55.5 Å². The lowest BCUT2D eigenvalue weighted by Crippen LogP contribution is -2.35. The third-order valence-corrected chi connectivity index (χ3v) is 3.95. The minimum absolute atomic E-state index is 0.1000. The SMILES string of the molecule is COc1cccc(C(=O)N2CCCN(CC=C(C)C)CC2)c1. The number of carbonyl (C=O) groups is 1. The van der Waals surface area contributed by atoms with Crippen LogP contribution in [0.3, 0.4) is 0 Å². The van der Waals surface area contributed by atoms with E-state index in [0.717, 1.165) is 44.9 Å². The van der Waals surface area contributed by atoms with E-state index in [1.165, 1.54) is 5.57 Å². The fraction of sp³-hybridized carbons (Fsp3) is 0.500. The summed E-state index contributed by atoms with van der Waals surface area (Å²) in [4.78, 5) is 17.0. The van der Waals surface area contributed by atoms with Gasteiger partial charge in [-0.05, 0) is 38.5 Å². The molecule has 1 amide bonds. The molecule has 1 heterocycles. The first-order chi connectivity index (χ1) is 10.6. The second-order valence-electron chi connectivity index (χ2n) is 5.96. The highest BCUT2D eigenvalue weighted by Crippen LogP contribution is 2.15. The third-order valence-electron chi connectivity index (χ3n) is 3.95. The number of amides is 1. The van der Waals surface area contributed by atoms with Crippen molar-refractivity contribution in [1.29, 1.82) is 0 Å². The Kier molecular flexibility index (Phi) is 6.01. The summed E-state index contributed by atoms with van der Waals surface area (Å²) < 4.78 is 5.20. The number of allylic oxidation sites excluding steroid dienone is 1. The number of benzene rings is 1. The Balaban J connectivity index is 1.98. The van der Waals surface area contributed by atoms with Crippen LogP contribution >= 0.6 is 0 Å². The summed E-state index contributed by atoms with van der Waals surface area (Å²) in [7, 11) is 1.62. The molecular weight excluding hydrogens is 276 g/mol. The quantitative estimate of drug-likeness (QED) is 0.802. The summed E-state index contributed by atoms with van der Waals surface area (Å²) in [5, 5.41) is 0. The Bertz CT molecular complexity index is 536. The second-order valence-corrected chi connectivity index (χ2v) is 5.96. The molecular formula is C18H26N2O2. The lowest BCUT2D eigenvalue weighted by Gasteiger charge is -2.21. The van der Waals surface area contributed by atoms with Crippen LogP contribution in [0.1, 0.15) is 30.6 Å². The number of hydrogen-bond donors (Lipinski definition) is 0. The van der Waals surface area contributed by atoms with Gasteiger partial charge in [-0.15, -0.1) is 0 Å². The number of ether oxygens (including phenoxy) is 1. The van der Waals surface area contributed by atoms with Crippen LogP contribution in [-0.2, 0) is 0 Å². The molecule has 0 aliphatic carbocycles. The van der Waals surface area contributed by atoms with Crippen molar-refractivity contribution in [3.8, 4) is 5.75 Å². The first-order valence-electron chi connectivity index (χ1n) is 7.89. The Morgan fingerprint density at radius 3 is 2.77 bits per heavy atom. The molecule has 120 valence electrons. The van der Waals surface area contributed by atoms with Crippen LogP contribution in [0.2, 0.25) is 0 Å². The standard InChI is InChI=1S/C18H26N2O2/c1-15(2)8-11-19-9-5-10-20(13-12-19)18(21)16-6-4-7-17(14-16)22-3/h4,6-8,14H,5,9-13H2,1-3H3. The van der Waals surface area contributed by atoms with E-state index in [2.05, 4.69) is 24.8 Å². The molecule has 1 aromatic carbocycles. The molecule has 0 saturated carbocycles. The molecule has 0 atom stereocenters. The first kappa shape index (κ1) is 16.6. The number of rotatable bonds is 4. The topological polar surface area (TPSA) is 32.8 Å². The average molecular weight is 302 g/mol.